The van der Waals surface area contributed by atoms with Gasteiger partial charge in [-0.15, -0.1) is 0 Å². The SMILES string of the molecule is [C-]#[N+]CCc1ccc(CN2CCOCC2)cc1. The van der Waals surface area contributed by atoms with Crippen LogP contribution in [0.4, 0.5) is 0 Å². The van der Waals surface area contributed by atoms with Crippen LogP contribution >= 0.6 is 0 Å². The summed E-state index contributed by atoms with van der Waals surface area (Å²) in [6.07, 6.45) is 0.862. The summed E-state index contributed by atoms with van der Waals surface area (Å²) in [5.74, 6) is 0. The van der Waals surface area contributed by atoms with Gasteiger partial charge in [0.2, 0.25) is 6.54 Å². The lowest BCUT2D eigenvalue weighted by molar-refractivity contribution is 0.0342. The smallest absolute Gasteiger partial charge is 0.218 e. The molecule has 0 aromatic heterocycles. The van der Waals surface area contributed by atoms with Crippen LogP contribution in [-0.2, 0) is 17.7 Å². The fourth-order valence-electron chi connectivity index (χ4n) is 2.01. The van der Waals surface area contributed by atoms with Crippen molar-refractivity contribution in [2.24, 2.45) is 0 Å². The number of hydrogen-bond donors (Lipinski definition) is 0. The Labute approximate surface area is 103 Å². The summed E-state index contributed by atoms with van der Waals surface area (Å²) >= 11 is 0. The fraction of sp³-hybridized carbons (Fsp3) is 0.500. The Morgan fingerprint density at radius 2 is 1.76 bits per heavy atom. The Bertz CT molecular complexity index is 374. The molecule has 0 saturated carbocycles. The third kappa shape index (κ3) is 3.85. The van der Waals surface area contributed by atoms with Crippen LogP contribution in [0, 0.1) is 6.57 Å². The average Bonchev–Trinajstić information content (AvgIpc) is 2.39. The molecule has 0 atom stereocenters. The topological polar surface area (TPSA) is 16.8 Å². The van der Waals surface area contributed by atoms with Crippen molar-refractivity contribution in [3.05, 3.63) is 46.8 Å². The molecule has 2 rings (SSSR count). The fourth-order valence-corrected chi connectivity index (χ4v) is 2.01. The first kappa shape index (κ1) is 12.1. The second-order valence-electron chi connectivity index (χ2n) is 4.34. The van der Waals surface area contributed by atoms with Gasteiger partial charge in [-0.1, -0.05) is 24.3 Å². The molecule has 1 aliphatic heterocycles. The van der Waals surface area contributed by atoms with Crippen molar-refractivity contribution in [3.8, 4) is 0 Å². The second-order valence-corrected chi connectivity index (χ2v) is 4.34. The molecular formula is C14H18N2O. The Kier molecular flexibility index (Phi) is 4.54. The number of nitrogens with zero attached hydrogens (tertiary/aromatic N) is 2. The number of benzene rings is 1. The minimum atomic E-state index is 0.586. The molecule has 1 saturated heterocycles. The minimum absolute atomic E-state index is 0.586. The van der Waals surface area contributed by atoms with Gasteiger partial charge in [0.15, 0.2) is 0 Å². The molecule has 1 heterocycles. The van der Waals surface area contributed by atoms with Gasteiger partial charge in [-0.05, 0) is 11.1 Å². The van der Waals surface area contributed by atoms with Crippen LogP contribution in [0.25, 0.3) is 4.85 Å². The molecule has 0 amide bonds. The van der Waals surface area contributed by atoms with Crippen LogP contribution in [0.2, 0.25) is 0 Å². The van der Waals surface area contributed by atoms with Crippen molar-refractivity contribution >= 4 is 0 Å². The van der Waals surface area contributed by atoms with Crippen molar-refractivity contribution in [2.75, 3.05) is 32.8 Å². The molecule has 0 bridgehead atoms. The van der Waals surface area contributed by atoms with E-state index in [1.54, 1.807) is 0 Å². The zero-order valence-electron chi connectivity index (χ0n) is 10.1. The van der Waals surface area contributed by atoms with Crippen LogP contribution in [0.1, 0.15) is 11.1 Å². The molecule has 1 aromatic rings. The van der Waals surface area contributed by atoms with Crippen LogP contribution in [0.15, 0.2) is 24.3 Å². The first-order valence-electron chi connectivity index (χ1n) is 6.09. The molecule has 0 unspecified atom stereocenters. The summed E-state index contributed by atoms with van der Waals surface area (Å²) in [5.41, 5.74) is 2.60. The maximum atomic E-state index is 6.77. The summed E-state index contributed by atoms with van der Waals surface area (Å²) in [4.78, 5) is 5.79. The number of morpholine rings is 1. The predicted molar refractivity (Wildman–Crippen MR) is 67.7 cm³/mol. The summed E-state index contributed by atoms with van der Waals surface area (Å²) in [7, 11) is 0. The third-order valence-corrected chi connectivity index (χ3v) is 3.05. The standard InChI is InChI=1S/C14H18N2O/c1-15-7-6-13-2-4-14(5-3-13)12-16-8-10-17-11-9-16/h2-5H,6-12H2. The molecular weight excluding hydrogens is 212 g/mol. The van der Waals surface area contributed by atoms with Crippen molar-refractivity contribution in [3.63, 3.8) is 0 Å². The van der Waals surface area contributed by atoms with Gasteiger partial charge in [-0.3, -0.25) is 4.90 Å². The molecule has 0 N–H and O–H groups in total. The quantitative estimate of drug-likeness (QED) is 0.736. The van der Waals surface area contributed by atoms with E-state index in [9.17, 15) is 0 Å². The summed E-state index contributed by atoms with van der Waals surface area (Å²) in [6.45, 7) is 12.1. The van der Waals surface area contributed by atoms with E-state index in [4.69, 9.17) is 11.3 Å². The van der Waals surface area contributed by atoms with Crippen LogP contribution in [0.5, 0.6) is 0 Å². The second kappa shape index (κ2) is 6.39. The van der Waals surface area contributed by atoms with E-state index in [2.05, 4.69) is 34.0 Å². The van der Waals surface area contributed by atoms with Gasteiger partial charge in [-0.2, -0.15) is 0 Å². The third-order valence-electron chi connectivity index (χ3n) is 3.05. The van der Waals surface area contributed by atoms with Gasteiger partial charge in [0.1, 0.15) is 0 Å². The summed E-state index contributed by atoms with van der Waals surface area (Å²) < 4.78 is 5.33. The highest BCUT2D eigenvalue weighted by molar-refractivity contribution is 5.23. The van der Waals surface area contributed by atoms with Gasteiger partial charge in [-0.25, -0.2) is 6.57 Å². The average molecular weight is 230 g/mol. The monoisotopic (exact) mass is 230 g/mol. The van der Waals surface area contributed by atoms with Gasteiger partial charge in [0, 0.05) is 26.1 Å². The van der Waals surface area contributed by atoms with Gasteiger partial charge >= 0.3 is 0 Å². The highest BCUT2D eigenvalue weighted by atomic mass is 16.5. The lowest BCUT2D eigenvalue weighted by atomic mass is 10.1. The van der Waals surface area contributed by atoms with E-state index in [0.717, 1.165) is 39.3 Å². The molecule has 1 aromatic carbocycles. The summed E-state index contributed by atoms with van der Waals surface area (Å²) in [5, 5.41) is 0. The Balaban J connectivity index is 1.86. The van der Waals surface area contributed by atoms with Gasteiger partial charge in [0.25, 0.3) is 0 Å². The zero-order chi connectivity index (χ0) is 11.9. The molecule has 0 spiro atoms. The predicted octanol–water partition coefficient (Wildman–Crippen LogP) is 1.98. The number of hydrogen-bond acceptors (Lipinski definition) is 2. The lowest BCUT2D eigenvalue weighted by Crippen LogP contribution is -2.35. The highest BCUT2D eigenvalue weighted by Gasteiger charge is 2.10. The lowest BCUT2D eigenvalue weighted by Gasteiger charge is -2.26. The highest BCUT2D eigenvalue weighted by Crippen LogP contribution is 2.09. The first-order chi connectivity index (χ1) is 8.38. The van der Waals surface area contributed by atoms with Crippen LogP contribution in [0.3, 0.4) is 0 Å². The molecule has 0 radical (unpaired) electrons. The van der Waals surface area contributed by atoms with Crippen molar-refractivity contribution in [2.45, 2.75) is 13.0 Å². The van der Waals surface area contributed by atoms with Crippen LogP contribution in [-0.4, -0.2) is 37.7 Å². The van der Waals surface area contributed by atoms with Crippen molar-refractivity contribution in [1.82, 2.24) is 4.90 Å². The molecule has 3 nitrogen and oxygen atoms in total. The molecule has 0 aliphatic carbocycles. The minimum Gasteiger partial charge on any atom is -0.379 e. The largest absolute Gasteiger partial charge is 0.379 e. The number of rotatable bonds is 4. The number of ether oxygens (including phenoxy) is 1. The Hall–Kier alpha value is -1.37. The molecule has 1 fully saturated rings. The van der Waals surface area contributed by atoms with Gasteiger partial charge < -0.3 is 9.58 Å². The van der Waals surface area contributed by atoms with E-state index in [1.165, 1.54) is 11.1 Å². The zero-order valence-corrected chi connectivity index (χ0v) is 10.1. The molecule has 3 heteroatoms. The summed E-state index contributed by atoms with van der Waals surface area (Å²) in [6, 6.07) is 8.63. The van der Waals surface area contributed by atoms with Gasteiger partial charge in [0.05, 0.1) is 13.2 Å². The molecule has 1 aliphatic rings. The van der Waals surface area contributed by atoms with E-state index >= 15 is 0 Å². The van der Waals surface area contributed by atoms with E-state index in [0.29, 0.717) is 6.54 Å². The molecule has 17 heavy (non-hydrogen) atoms. The normalized spacial score (nSPS) is 16.6. The van der Waals surface area contributed by atoms with E-state index in [1.807, 2.05) is 0 Å². The van der Waals surface area contributed by atoms with Crippen LogP contribution < -0.4 is 0 Å². The Morgan fingerprint density at radius 3 is 2.41 bits per heavy atom. The van der Waals surface area contributed by atoms with E-state index < -0.39 is 0 Å². The van der Waals surface area contributed by atoms with Crippen molar-refractivity contribution in [1.29, 1.82) is 0 Å². The van der Waals surface area contributed by atoms with Crippen molar-refractivity contribution < 1.29 is 4.74 Å². The molecule has 90 valence electrons. The Morgan fingerprint density at radius 1 is 1.12 bits per heavy atom. The van der Waals surface area contributed by atoms with E-state index in [-0.39, 0.29) is 0 Å². The maximum Gasteiger partial charge on any atom is 0.218 e. The first-order valence-corrected chi connectivity index (χ1v) is 6.09. The maximum absolute atomic E-state index is 6.77.